The Bertz CT molecular complexity index is 488. The number of rotatable bonds is 4. The van der Waals surface area contributed by atoms with Crippen molar-refractivity contribution in [2.24, 2.45) is 0 Å². The van der Waals surface area contributed by atoms with E-state index < -0.39 is 11.8 Å². The molecule has 0 spiro atoms. The van der Waals surface area contributed by atoms with E-state index in [2.05, 4.69) is 5.32 Å². The van der Waals surface area contributed by atoms with Gasteiger partial charge in [-0.15, -0.1) is 0 Å². The number of nitrogens with zero attached hydrogens (tertiary/aromatic N) is 1. The van der Waals surface area contributed by atoms with Crippen LogP contribution in [0.5, 0.6) is 0 Å². The maximum atomic E-state index is 11.2. The lowest BCUT2D eigenvalue weighted by molar-refractivity contribution is -0.121. The standard InChI is InChI=1S/C10H11N3O5/c1-6(15)13(18)9-4-7(10(16)12-17)2-3-8(9)11-5-14/h2-5,17-18H,1H3,(H,11,14)(H,12,16). The van der Waals surface area contributed by atoms with Crippen molar-refractivity contribution in [3.8, 4) is 0 Å². The molecule has 0 saturated heterocycles. The molecule has 0 heterocycles. The van der Waals surface area contributed by atoms with Crippen LogP contribution in [0, 0.1) is 0 Å². The Morgan fingerprint density at radius 1 is 1.39 bits per heavy atom. The van der Waals surface area contributed by atoms with Crippen LogP contribution in [0.15, 0.2) is 18.2 Å². The molecule has 3 amide bonds. The number of hydrogen-bond acceptors (Lipinski definition) is 5. The first-order valence-electron chi connectivity index (χ1n) is 4.79. The predicted molar refractivity (Wildman–Crippen MR) is 60.3 cm³/mol. The fourth-order valence-electron chi connectivity index (χ4n) is 1.27. The lowest BCUT2D eigenvalue weighted by atomic mass is 10.1. The summed E-state index contributed by atoms with van der Waals surface area (Å²) >= 11 is 0. The van der Waals surface area contributed by atoms with Gasteiger partial charge in [0.2, 0.25) is 12.3 Å². The molecule has 8 nitrogen and oxygen atoms in total. The first-order chi connectivity index (χ1) is 8.51. The molecule has 0 aliphatic rings. The van der Waals surface area contributed by atoms with Gasteiger partial charge in [0.15, 0.2) is 0 Å². The molecular formula is C10H11N3O5. The lowest BCUT2D eigenvalue weighted by Crippen LogP contribution is -2.26. The minimum absolute atomic E-state index is 0.00393. The molecule has 0 unspecified atom stereocenters. The number of carbonyl (C=O) groups is 3. The maximum Gasteiger partial charge on any atom is 0.274 e. The zero-order valence-corrected chi connectivity index (χ0v) is 9.38. The second kappa shape index (κ2) is 5.75. The Kier molecular flexibility index (Phi) is 4.35. The SMILES string of the molecule is CC(=O)N(O)c1cc(C(=O)NO)ccc1NC=O. The van der Waals surface area contributed by atoms with Crippen LogP contribution in [0.2, 0.25) is 0 Å². The third-order valence-corrected chi connectivity index (χ3v) is 2.10. The summed E-state index contributed by atoms with van der Waals surface area (Å²) in [5.74, 6) is -1.52. The van der Waals surface area contributed by atoms with Crippen LogP contribution in [0.4, 0.5) is 11.4 Å². The highest BCUT2D eigenvalue weighted by Gasteiger charge is 2.16. The number of hydrogen-bond donors (Lipinski definition) is 4. The molecule has 0 bridgehead atoms. The van der Waals surface area contributed by atoms with Gasteiger partial charge in [-0.1, -0.05) is 0 Å². The highest BCUT2D eigenvalue weighted by atomic mass is 16.5. The summed E-state index contributed by atoms with van der Waals surface area (Å²) in [7, 11) is 0. The first kappa shape index (κ1) is 13.6. The van der Waals surface area contributed by atoms with Crippen molar-refractivity contribution in [2.45, 2.75) is 6.92 Å². The first-order valence-corrected chi connectivity index (χ1v) is 4.79. The lowest BCUT2D eigenvalue weighted by Gasteiger charge is -2.17. The predicted octanol–water partition coefficient (Wildman–Crippen LogP) is 0.116. The second-order valence-electron chi connectivity index (χ2n) is 3.27. The van der Waals surface area contributed by atoms with Crippen molar-refractivity contribution in [3.05, 3.63) is 23.8 Å². The van der Waals surface area contributed by atoms with E-state index in [1.165, 1.54) is 17.6 Å². The van der Waals surface area contributed by atoms with Gasteiger partial charge in [0.25, 0.3) is 5.91 Å². The highest BCUT2D eigenvalue weighted by Crippen LogP contribution is 2.26. The summed E-state index contributed by atoms with van der Waals surface area (Å²) in [6.07, 6.45) is 0.360. The number of carbonyl (C=O) groups excluding carboxylic acids is 3. The number of hydroxylamine groups is 2. The maximum absolute atomic E-state index is 11.2. The minimum Gasteiger partial charge on any atom is -0.327 e. The smallest absolute Gasteiger partial charge is 0.274 e. The minimum atomic E-state index is -0.814. The van der Waals surface area contributed by atoms with Crippen LogP contribution >= 0.6 is 0 Å². The summed E-state index contributed by atoms with van der Waals surface area (Å²) in [5.41, 5.74) is 1.47. The van der Waals surface area contributed by atoms with Gasteiger partial charge >= 0.3 is 0 Å². The number of nitrogens with one attached hydrogen (secondary N) is 2. The van der Waals surface area contributed by atoms with Crippen LogP contribution in [-0.2, 0) is 9.59 Å². The molecule has 0 aromatic heterocycles. The molecule has 8 heteroatoms. The summed E-state index contributed by atoms with van der Waals surface area (Å²) in [5, 5.41) is 20.5. The monoisotopic (exact) mass is 253 g/mol. The zero-order valence-electron chi connectivity index (χ0n) is 9.38. The van der Waals surface area contributed by atoms with Gasteiger partial charge in [0.05, 0.1) is 11.4 Å². The van der Waals surface area contributed by atoms with Crippen LogP contribution in [-0.4, -0.2) is 28.6 Å². The van der Waals surface area contributed by atoms with Crippen molar-refractivity contribution in [3.63, 3.8) is 0 Å². The van der Waals surface area contributed by atoms with Gasteiger partial charge in [-0.3, -0.25) is 24.8 Å². The summed E-state index contributed by atoms with van der Waals surface area (Å²) in [6.45, 7) is 1.10. The van der Waals surface area contributed by atoms with E-state index in [0.29, 0.717) is 6.41 Å². The Labute approximate surface area is 102 Å². The summed E-state index contributed by atoms with van der Waals surface area (Å²) in [6, 6.07) is 3.74. The quantitative estimate of drug-likeness (QED) is 0.345. The van der Waals surface area contributed by atoms with E-state index in [1.807, 2.05) is 0 Å². The van der Waals surface area contributed by atoms with E-state index >= 15 is 0 Å². The average Bonchev–Trinajstić information content (AvgIpc) is 2.37. The molecule has 96 valence electrons. The molecule has 0 aliphatic heterocycles. The average molecular weight is 253 g/mol. The molecule has 0 saturated carbocycles. The second-order valence-corrected chi connectivity index (χ2v) is 3.27. The molecule has 1 aromatic carbocycles. The third-order valence-electron chi connectivity index (χ3n) is 2.10. The molecule has 4 N–H and O–H groups in total. The van der Waals surface area contributed by atoms with Gasteiger partial charge in [0.1, 0.15) is 0 Å². The normalized spacial score (nSPS) is 9.50. The molecule has 1 rings (SSSR count). The Hall–Kier alpha value is -2.45. The van der Waals surface area contributed by atoms with Crippen molar-refractivity contribution in [2.75, 3.05) is 10.4 Å². The van der Waals surface area contributed by atoms with Crippen LogP contribution < -0.4 is 15.9 Å². The molecule has 18 heavy (non-hydrogen) atoms. The molecule has 0 fully saturated rings. The molecule has 0 atom stereocenters. The van der Waals surface area contributed by atoms with Crippen molar-refractivity contribution >= 4 is 29.6 Å². The summed E-state index contributed by atoms with van der Waals surface area (Å²) in [4.78, 5) is 32.6. The number of anilines is 2. The van der Waals surface area contributed by atoms with Crippen molar-refractivity contribution < 1.29 is 24.8 Å². The highest BCUT2D eigenvalue weighted by molar-refractivity contribution is 6.00. The van der Waals surface area contributed by atoms with E-state index in [-0.39, 0.29) is 22.0 Å². The van der Waals surface area contributed by atoms with E-state index in [9.17, 15) is 19.6 Å². The fraction of sp³-hybridized carbons (Fsp3) is 0.100. The van der Waals surface area contributed by atoms with E-state index in [0.717, 1.165) is 13.0 Å². The third kappa shape index (κ3) is 2.81. The zero-order chi connectivity index (χ0) is 13.7. The summed E-state index contributed by atoms with van der Waals surface area (Å²) < 4.78 is 0. The Morgan fingerprint density at radius 2 is 2.06 bits per heavy atom. The van der Waals surface area contributed by atoms with Gasteiger partial charge in [-0.2, -0.15) is 5.06 Å². The number of benzene rings is 1. The fourth-order valence-corrected chi connectivity index (χ4v) is 1.27. The van der Waals surface area contributed by atoms with Gasteiger partial charge in [-0.25, -0.2) is 5.48 Å². The molecule has 1 aromatic rings. The van der Waals surface area contributed by atoms with Crippen LogP contribution in [0.1, 0.15) is 17.3 Å². The molecule has 0 radical (unpaired) electrons. The van der Waals surface area contributed by atoms with Crippen molar-refractivity contribution in [1.29, 1.82) is 0 Å². The van der Waals surface area contributed by atoms with E-state index in [1.54, 1.807) is 0 Å². The largest absolute Gasteiger partial charge is 0.327 e. The Balaban J connectivity index is 3.27. The van der Waals surface area contributed by atoms with Crippen molar-refractivity contribution in [1.82, 2.24) is 5.48 Å². The topological polar surface area (TPSA) is 119 Å². The molecule has 0 aliphatic carbocycles. The van der Waals surface area contributed by atoms with Crippen LogP contribution in [0.25, 0.3) is 0 Å². The van der Waals surface area contributed by atoms with E-state index in [4.69, 9.17) is 5.21 Å². The number of amides is 3. The molecular weight excluding hydrogens is 242 g/mol. The van der Waals surface area contributed by atoms with Crippen LogP contribution in [0.3, 0.4) is 0 Å². The van der Waals surface area contributed by atoms with Gasteiger partial charge in [0, 0.05) is 12.5 Å². The van der Waals surface area contributed by atoms with Gasteiger partial charge < -0.3 is 5.32 Å². The Morgan fingerprint density at radius 3 is 2.56 bits per heavy atom. The van der Waals surface area contributed by atoms with Gasteiger partial charge in [-0.05, 0) is 18.2 Å².